The van der Waals surface area contributed by atoms with Crippen molar-refractivity contribution in [2.75, 3.05) is 26.2 Å². The van der Waals surface area contributed by atoms with Crippen LogP contribution in [-0.4, -0.2) is 55.2 Å². The number of hydrogen-bond donors (Lipinski definition) is 2. The van der Waals surface area contributed by atoms with Crippen LogP contribution in [0, 0.1) is 0 Å². The van der Waals surface area contributed by atoms with Crippen molar-refractivity contribution < 1.29 is 4.74 Å². The third kappa shape index (κ3) is 6.06. The van der Waals surface area contributed by atoms with Crippen LogP contribution < -0.4 is 15.4 Å². The van der Waals surface area contributed by atoms with E-state index in [0.717, 1.165) is 29.3 Å². The standard InChI is InChI=1S/C20H31ClN4O/c1-3-22-20(24-17-10-12-25(13-11-17)18-6-7-18)23-14-15(2)26-19-8-4-16(21)5-9-19/h4-5,8-9,15,17-18H,3,6-7,10-14H2,1-2H3,(H2,22,23,24). The van der Waals surface area contributed by atoms with Crippen molar-refractivity contribution in [2.24, 2.45) is 4.99 Å². The molecule has 0 bridgehead atoms. The molecule has 0 amide bonds. The summed E-state index contributed by atoms with van der Waals surface area (Å²) in [7, 11) is 0. The number of nitrogens with zero attached hydrogens (tertiary/aromatic N) is 2. The van der Waals surface area contributed by atoms with Gasteiger partial charge >= 0.3 is 0 Å². The Hall–Kier alpha value is -1.46. The molecule has 2 N–H and O–H groups in total. The van der Waals surface area contributed by atoms with Gasteiger partial charge in [0.25, 0.3) is 0 Å². The number of rotatable bonds is 7. The molecule has 6 heteroatoms. The molecule has 1 aliphatic carbocycles. The second kappa shape index (κ2) is 9.47. The largest absolute Gasteiger partial charge is 0.489 e. The highest BCUT2D eigenvalue weighted by Gasteiger charge is 2.31. The molecule has 1 aromatic rings. The minimum Gasteiger partial charge on any atom is -0.489 e. The van der Waals surface area contributed by atoms with E-state index in [0.29, 0.717) is 12.6 Å². The van der Waals surface area contributed by atoms with Crippen molar-refractivity contribution in [1.29, 1.82) is 0 Å². The number of ether oxygens (including phenoxy) is 1. The lowest BCUT2D eigenvalue weighted by molar-refractivity contribution is 0.197. The monoisotopic (exact) mass is 378 g/mol. The molecule has 2 fully saturated rings. The molecule has 0 spiro atoms. The Bertz CT molecular complexity index is 580. The van der Waals surface area contributed by atoms with Gasteiger partial charge in [0.2, 0.25) is 0 Å². The van der Waals surface area contributed by atoms with Crippen LogP contribution in [0.4, 0.5) is 0 Å². The third-order valence-electron chi connectivity index (χ3n) is 4.94. The molecule has 1 aliphatic heterocycles. The zero-order chi connectivity index (χ0) is 18.4. The van der Waals surface area contributed by atoms with Crippen molar-refractivity contribution in [1.82, 2.24) is 15.5 Å². The van der Waals surface area contributed by atoms with E-state index in [-0.39, 0.29) is 6.10 Å². The predicted molar refractivity (Wildman–Crippen MR) is 108 cm³/mol. The van der Waals surface area contributed by atoms with Gasteiger partial charge in [0.15, 0.2) is 5.96 Å². The SMILES string of the molecule is CCNC(=NCC(C)Oc1ccc(Cl)cc1)NC1CCN(C2CC2)CC1. The molecular formula is C20H31ClN4O. The van der Waals surface area contributed by atoms with Gasteiger partial charge in [-0.25, -0.2) is 4.99 Å². The van der Waals surface area contributed by atoms with Crippen LogP contribution in [0.25, 0.3) is 0 Å². The first-order valence-corrected chi connectivity index (χ1v) is 10.2. The average molecular weight is 379 g/mol. The molecule has 26 heavy (non-hydrogen) atoms. The van der Waals surface area contributed by atoms with Crippen molar-refractivity contribution in [3.8, 4) is 5.75 Å². The topological polar surface area (TPSA) is 48.9 Å². The maximum atomic E-state index is 5.91. The summed E-state index contributed by atoms with van der Waals surface area (Å²) in [5.41, 5.74) is 0. The van der Waals surface area contributed by atoms with E-state index in [1.54, 1.807) is 0 Å². The summed E-state index contributed by atoms with van der Waals surface area (Å²) < 4.78 is 5.91. The Balaban J connectivity index is 1.45. The molecule has 1 unspecified atom stereocenters. The van der Waals surface area contributed by atoms with Gasteiger partial charge in [-0.1, -0.05) is 11.6 Å². The van der Waals surface area contributed by atoms with Crippen LogP contribution in [-0.2, 0) is 0 Å². The van der Waals surface area contributed by atoms with Crippen molar-refractivity contribution in [3.05, 3.63) is 29.3 Å². The number of halogens is 1. The number of guanidine groups is 1. The van der Waals surface area contributed by atoms with Gasteiger partial charge in [0.05, 0.1) is 6.54 Å². The average Bonchev–Trinajstić information content (AvgIpc) is 3.48. The molecule has 144 valence electrons. The lowest BCUT2D eigenvalue weighted by Gasteiger charge is -2.33. The molecule has 0 radical (unpaired) electrons. The van der Waals surface area contributed by atoms with E-state index in [1.807, 2.05) is 31.2 Å². The zero-order valence-electron chi connectivity index (χ0n) is 15.9. The smallest absolute Gasteiger partial charge is 0.191 e. The Kier molecular flexibility index (Phi) is 7.03. The summed E-state index contributed by atoms with van der Waals surface area (Å²) in [5, 5.41) is 7.67. The number of piperidine rings is 1. The van der Waals surface area contributed by atoms with Gasteiger partial charge < -0.3 is 20.3 Å². The number of nitrogens with one attached hydrogen (secondary N) is 2. The fourth-order valence-electron chi connectivity index (χ4n) is 3.36. The number of likely N-dealkylation sites (tertiary alicyclic amines) is 1. The first-order chi connectivity index (χ1) is 12.6. The molecule has 1 saturated heterocycles. The van der Waals surface area contributed by atoms with Crippen molar-refractivity contribution >= 4 is 17.6 Å². The summed E-state index contributed by atoms with van der Waals surface area (Å²) in [4.78, 5) is 7.36. The molecule has 1 saturated carbocycles. The number of hydrogen-bond acceptors (Lipinski definition) is 3. The minimum absolute atomic E-state index is 0.00310. The Morgan fingerprint density at radius 2 is 1.92 bits per heavy atom. The fourth-order valence-corrected chi connectivity index (χ4v) is 3.49. The molecule has 0 aromatic heterocycles. The van der Waals surface area contributed by atoms with Gasteiger partial charge in [0.1, 0.15) is 11.9 Å². The zero-order valence-corrected chi connectivity index (χ0v) is 16.6. The first-order valence-electron chi connectivity index (χ1n) is 9.85. The quantitative estimate of drug-likeness (QED) is 0.564. The highest BCUT2D eigenvalue weighted by atomic mass is 35.5. The Morgan fingerprint density at radius 1 is 1.23 bits per heavy atom. The highest BCUT2D eigenvalue weighted by molar-refractivity contribution is 6.30. The predicted octanol–water partition coefficient (Wildman–Crippen LogP) is 3.29. The van der Waals surface area contributed by atoms with Gasteiger partial charge in [-0.15, -0.1) is 0 Å². The molecule has 2 aliphatic rings. The van der Waals surface area contributed by atoms with Gasteiger partial charge in [-0.3, -0.25) is 0 Å². The molecule has 1 aromatic carbocycles. The Labute approximate surface area is 162 Å². The summed E-state index contributed by atoms with van der Waals surface area (Å²) >= 11 is 5.91. The summed E-state index contributed by atoms with van der Waals surface area (Å²) in [6, 6.07) is 8.84. The second-order valence-corrected chi connectivity index (χ2v) is 7.72. The molecular weight excluding hydrogens is 348 g/mol. The molecule has 1 atom stereocenters. The fraction of sp³-hybridized carbons (Fsp3) is 0.650. The molecule has 1 heterocycles. The highest BCUT2D eigenvalue weighted by Crippen LogP contribution is 2.29. The normalized spacial score (nSPS) is 20.7. The maximum absolute atomic E-state index is 5.91. The van der Waals surface area contributed by atoms with Gasteiger partial charge in [0, 0.05) is 36.7 Å². The van der Waals surface area contributed by atoms with Crippen molar-refractivity contribution in [2.45, 2.75) is 57.7 Å². The summed E-state index contributed by atoms with van der Waals surface area (Å²) in [6.45, 7) is 8.02. The van der Waals surface area contributed by atoms with Crippen molar-refractivity contribution in [3.63, 3.8) is 0 Å². The van der Waals surface area contributed by atoms with Crippen LogP contribution >= 0.6 is 11.6 Å². The van der Waals surface area contributed by atoms with Gasteiger partial charge in [-0.2, -0.15) is 0 Å². The maximum Gasteiger partial charge on any atom is 0.191 e. The Morgan fingerprint density at radius 3 is 2.54 bits per heavy atom. The first kappa shape index (κ1) is 19.3. The second-order valence-electron chi connectivity index (χ2n) is 7.29. The number of aliphatic imine (C=N–C) groups is 1. The van der Waals surface area contributed by atoms with Gasteiger partial charge in [-0.05, 0) is 63.8 Å². The minimum atomic E-state index is 0.00310. The van der Waals surface area contributed by atoms with E-state index in [9.17, 15) is 0 Å². The van der Waals surface area contributed by atoms with E-state index < -0.39 is 0 Å². The summed E-state index contributed by atoms with van der Waals surface area (Å²) in [6.07, 6.45) is 5.18. The van der Waals surface area contributed by atoms with E-state index in [4.69, 9.17) is 21.3 Å². The van der Waals surface area contributed by atoms with E-state index in [2.05, 4.69) is 22.5 Å². The van der Waals surface area contributed by atoms with Crippen LogP contribution in [0.2, 0.25) is 5.02 Å². The van der Waals surface area contributed by atoms with Crippen LogP contribution in [0.5, 0.6) is 5.75 Å². The van der Waals surface area contributed by atoms with Crippen LogP contribution in [0.3, 0.4) is 0 Å². The van der Waals surface area contributed by atoms with E-state index >= 15 is 0 Å². The van der Waals surface area contributed by atoms with Crippen LogP contribution in [0.15, 0.2) is 29.3 Å². The lowest BCUT2D eigenvalue weighted by Crippen LogP contribution is -2.49. The summed E-state index contributed by atoms with van der Waals surface area (Å²) in [5.74, 6) is 1.71. The third-order valence-corrected chi connectivity index (χ3v) is 5.19. The lowest BCUT2D eigenvalue weighted by atomic mass is 10.1. The van der Waals surface area contributed by atoms with E-state index in [1.165, 1.54) is 38.8 Å². The molecule has 5 nitrogen and oxygen atoms in total. The molecule has 3 rings (SSSR count). The van der Waals surface area contributed by atoms with Crippen LogP contribution in [0.1, 0.15) is 39.5 Å². The number of benzene rings is 1.